The predicted octanol–water partition coefficient (Wildman–Crippen LogP) is 2.18. The van der Waals surface area contributed by atoms with E-state index < -0.39 is 6.09 Å². The minimum absolute atomic E-state index is 0.316. The van der Waals surface area contributed by atoms with Crippen LogP contribution in [-0.2, 0) is 11.3 Å². The van der Waals surface area contributed by atoms with Gasteiger partial charge in [0.25, 0.3) is 5.19 Å². The van der Waals surface area contributed by atoms with E-state index in [9.17, 15) is 4.79 Å². The van der Waals surface area contributed by atoms with Crippen LogP contribution in [0, 0.1) is 0 Å². The number of thiazole rings is 1. The molecule has 0 aliphatic carbocycles. The van der Waals surface area contributed by atoms with Gasteiger partial charge in [0, 0.05) is 18.0 Å². The predicted molar refractivity (Wildman–Crippen MR) is 61.7 cm³/mol. The minimum Gasteiger partial charge on any atom is -0.381 e. The zero-order valence-electron chi connectivity index (χ0n) is 9.86. The number of hydrogen-bond acceptors (Lipinski definition) is 5. The number of nitrogens with one attached hydrogen (secondary N) is 1. The fraction of sp³-hybridized carbons (Fsp3) is 0.600. The van der Waals surface area contributed by atoms with Crippen molar-refractivity contribution in [2.75, 3.05) is 7.11 Å². The summed E-state index contributed by atoms with van der Waals surface area (Å²) in [5.74, 6) is 0. The van der Waals surface area contributed by atoms with E-state index in [1.807, 2.05) is 20.8 Å². The van der Waals surface area contributed by atoms with E-state index in [0.29, 0.717) is 11.8 Å². The Kier molecular flexibility index (Phi) is 4.26. The highest BCUT2D eigenvalue weighted by Crippen LogP contribution is 2.18. The molecule has 0 saturated heterocycles. The van der Waals surface area contributed by atoms with Crippen LogP contribution in [0.3, 0.4) is 0 Å². The SMILES string of the molecule is COCc1csc(OC(=O)NC(C)(C)C)n1. The highest BCUT2D eigenvalue weighted by Gasteiger charge is 2.16. The lowest BCUT2D eigenvalue weighted by molar-refractivity contribution is 0.179. The van der Waals surface area contributed by atoms with Gasteiger partial charge in [-0.05, 0) is 20.8 Å². The Bertz CT molecular complexity index is 357. The molecule has 0 atom stereocenters. The summed E-state index contributed by atoms with van der Waals surface area (Å²) in [5, 5.41) is 4.81. The van der Waals surface area contributed by atoms with Crippen LogP contribution in [0.5, 0.6) is 5.19 Å². The lowest BCUT2D eigenvalue weighted by Gasteiger charge is -2.18. The maximum absolute atomic E-state index is 11.4. The van der Waals surface area contributed by atoms with Crippen molar-refractivity contribution in [1.29, 1.82) is 0 Å². The van der Waals surface area contributed by atoms with Gasteiger partial charge in [-0.25, -0.2) is 9.78 Å². The second-order valence-corrected chi connectivity index (χ2v) is 5.12. The maximum Gasteiger partial charge on any atom is 0.414 e. The Labute approximate surface area is 98.8 Å². The number of aromatic nitrogens is 1. The minimum atomic E-state index is -0.495. The molecule has 0 spiro atoms. The second kappa shape index (κ2) is 5.27. The Morgan fingerprint density at radius 1 is 1.56 bits per heavy atom. The van der Waals surface area contributed by atoms with Gasteiger partial charge in [0.05, 0.1) is 12.3 Å². The quantitative estimate of drug-likeness (QED) is 0.885. The lowest BCUT2D eigenvalue weighted by atomic mass is 10.1. The van der Waals surface area contributed by atoms with Crippen LogP contribution in [-0.4, -0.2) is 23.7 Å². The molecule has 90 valence electrons. The third-order valence-electron chi connectivity index (χ3n) is 1.48. The molecule has 0 radical (unpaired) electrons. The third-order valence-corrected chi connectivity index (χ3v) is 2.25. The molecule has 1 heterocycles. The number of ether oxygens (including phenoxy) is 2. The topological polar surface area (TPSA) is 60.5 Å². The summed E-state index contributed by atoms with van der Waals surface area (Å²) in [7, 11) is 1.59. The molecule has 0 saturated carbocycles. The zero-order valence-corrected chi connectivity index (χ0v) is 10.7. The van der Waals surface area contributed by atoms with Gasteiger partial charge in [-0.2, -0.15) is 0 Å². The normalized spacial score (nSPS) is 11.2. The number of carbonyl (C=O) groups excluding carboxylic acids is 1. The summed E-state index contributed by atoms with van der Waals surface area (Å²) in [4.78, 5) is 15.5. The summed E-state index contributed by atoms with van der Waals surface area (Å²) in [6.45, 7) is 6.06. The fourth-order valence-electron chi connectivity index (χ4n) is 0.960. The standard InChI is InChI=1S/C10H16N2O3S/c1-10(2,3)12-8(13)15-9-11-7(5-14-4)6-16-9/h6H,5H2,1-4H3,(H,12,13). The molecule has 0 aliphatic rings. The fourth-order valence-corrected chi connectivity index (χ4v) is 1.61. The van der Waals surface area contributed by atoms with E-state index in [4.69, 9.17) is 9.47 Å². The smallest absolute Gasteiger partial charge is 0.381 e. The van der Waals surface area contributed by atoms with Gasteiger partial charge in [-0.1, -0.05) is 11.3 Å². The summed E-state index contributed by atoms with van der Waals surface area (Å²) >= 11 is 1.27. The van der Waals surface area contributed by atoms with Crippen molar-refractivity contribution in [3.8, 4) is 5.19 Å². The molecule has 1 aromatic rings. The van der Waals surface area contributed by atoms with Crippen LogP contribution in [0.1, 0.15) is 26.5 Å². The van der Waals surface area contributed by atoms with Crippen LogP contribution in [0.25, 0.3) is 0 Å². The van der Waals surface area contributed by atoms with E-state index in [1.165, 1.54) is 11.3 Å². The Hall–Kier alpha value is -1.14. The Morgan fingerprint density at radius 2 is 2.25 bits per heavy atom. The van der Waals surface area contributed by atoms with E-state index >= 15 is 0 Å². The highest BCUT2D eigenvalue weighted by molar-refractivity contribution is 7.11. The van der Waals surface area contributed by atoms with E-state index in [1.54, 1.807) is 12.5 Å². The first-order chi connectivity index (χ1) is 7.40. The van der Waals surface area contributed by atoms with Crippen molar-refractivity contribution in [2.24, 2.45) is 0 Å². The first-order valence-electron chi connectivity index (χ1n) is 4.84. The second-order valence-electron chi connectivity index (χ2n) is 4.30. The van der Waals surface area contributed by atoms with Crippen molar-refractivity contribution in [3.05, 3.63) is 11.1 Å². The third kappa shape index (κ3) is 4.59. The number of amides is 1. The summed E-state index contributed by atoms with van der Waals surface area (Å²) in [6, 6.07) is 0. The van der Waals surface area contributed by atoms with Crippen molar-refractivity contribution >= 4 is 17.4 Å². The number of rotatable bonds is 3. The summed E-state index contributed by atoms with van der Waals surface area (Å²) in [5.41, 5.74) is 0.440. The Morgan fingerprint density at radius 3 is 2.81 bits per heavy atom. The Balaban J connectivity index is 2.50. The van der Waals surface area contributed by atoms with Crippen LogP contribution in [0.4, 0.5) is 4.79 Å². The van der Waals surface area contributed by atoms with Crippen LogP contribution in [0.15, 0.2) is 5.38 Å². The largest absolute Gasteiger partial charge is 0.414 e. The molecule has 6 heteroatoms. The van der Waals surface area contributed by atoms with E-state index in [2.05, 4.69) is 10.3 Å². The number of methoxy groups -OCH3 is 1. The average Bonchev–Trinajstić information content (AvgIpc) is 2.49. The summed E-state index contributed by atoms with van der Waals surface area (Å²) < 4.78 is 9.93. The molecule has 1 amide bonds. The molecular formula is C10H16N2O3S. The molecule has 0 bridgehead atoms. The monoisotopic (exact) mass is 244 g/mol. The number of hydrogen-bond donors (Lipinski definition) is 1. The van der Waals surface area contributed by atoms with Crippen molar-refractivity contribution < 1.29 is 14.3 Å². The highest BCUT2D eigenvalue weighted by atomic mass is 32.1. The van der Waals surface area contributed by atoms with Crippen LogP contribution in [0.2, 0.25) is 0 Å². The molecule has 1 aromatic heterocycles. The molecule has 1 N–H and O–H groups in total. The van der Waals surface area contributed by atoms with Gasteiger partial charge in [0.15, 0.2) is 0 Å². The van der Waals surface area contributed by atoms with Gasteiger partial charge in [0.1, 0.15) is 0 Å². The molecular weight excluding hydrogens is 228 g/mol. The zero-order chi connectivity index (χ0) is 12.2. The summed E-state index contributed by atoms with van der Waals surface area (Å²) in [6.07, 6.45) is -0.495. The molecule has 1 rings (SSSR count). The molecule has 0 aromatic carbocycles. The molecule has 0 aliphatic heterocycles. The van der Waals surface area contributed by atoms with Gasteiger partial charge >= 0.3 is 6.09 Å². The molecule has 5 nitrogen and oxygen atoms in total. The van der Waals surface area contributed by atoms with Gasteiger partial charge in [0.2, 0.25) is 0 Å². The molecule has 0 fully saturated rings. The van der Waals surface area contributed by atoms with Gasteiger partial charge in [-0.15, -0.1) is 0 Å². The van der Waals surface area contributed by atoms with E-state index in [0.717, 1.165) is 5.69 Å². The first kappa shape index (κ1) is 12.9. The molecule has 16 heavy (non-hydrogen) atoms. The average molecular weight is 244 g/mol. The van der Waals surface area contributed by atoms with Gasteiger partial charge in [-0.3, -0.25) is 0 Å². The van der Waals surface area contributed by atoms with Crippen molar-refractivity contribution in [2.45, 2.75) is 32.9 Å². The molecule has 0 unspecified atom stereocenters. The van der Waals surface area contributed by atoms with Crippen LogP contribution < -0.4 is 10.1 Å². The first-order valence-corrected chi connectivity index (χ1v) is 5.72. The van der Waals surface area contributed by atoms with Gasteiger partial charge < -0.3 is 14.8 Å². The maximum atomic E-state index is 11.4. The van der Waals surface area contributed by atoms with Crippen molar-refractivity contribution in [1.82, 2.24) is 10.3 Å². The lowest BCUT2D eigenvalue weighted by Crippen LogP contribution is -2.42. The van der Waals surface area contributed by atoms with E-state index in [-0.39, 0.29) is 5.54 Å². The van der Waals surface area contributed by atoms with Crippen molar-refractivity contribution in [3.63, 3.8) is 0 Å². The number of nitrogens with zero attached hydrogens (tertiary/aromatic N) is 1. The van der Waals surface area contributed by atoms with Crippen LogP contribution >= 0.6 is 11.3 Å². The number of carbonyl (C=O) groups is 1.